The van der Waals surface area contributed by atoms with Gasteiger partial charge >= 0.3 is 5.97 Å². The third-order valence-corrected chi connectivity index (χ3v) is 9.76. The number of epoxide rings is 1. The molecule has 1 heterocycles. The second kappa shape index (κ2) is 7.05. The molecule has 4 aliphatic carbocycles. The minimum Gasteiger partial charge on any atom is -0.463 e. The Morgan fingerprint density at radius 3 is 2.83 bits per heavy atom. The van der Waals surface area contributed by atoms with Gasteiger partial charge in [-0.25, -0.2) is 4.79 Å². The van der Waals surface area contributed by atoms with E-state index in [4.69, 9.17) is 9.47 Å². The van der Waals surface area contributed by atoms with Gasteiger partial charge in [0.15, 0.2) is 5.78 Å². The van der Waals surface area contributed by atoms with E-state index < -0.39 is 0 Å². The topological polar surface area (TPSA) is 55.9 Å². The highest BCUT2D eigenvalue weighted by atomic mass is 16.6. The first-order chi connectivity index (χ1) is 14.3. The molecule has 0 N–H and O–H groups in total. The fourth-order valence-corrected chi connectivity index (χ4v) is 8.27. The van der Waals surface area contributed by atoms with Crippen molar-refractivity contribution in [1.82, 2.24) is 0 Å². The van der Waals surface area contributed by atoms with Crippen LogP contribution in [0.15, 0.2) is 23.8 Å². The molecule has 5 rings (SSSR count). The van der Waals surface area contributed by atoms with Crippen molar-refractivity contribution >= 4 is 11.8 Å². The Labute approximate surface area is 180 Å². The summed E-state index contributed by atoms with van der Waals surface area (Å²) >= 11 is 0. The highest BCUT2D eigenvalue weighted by molar-refractivity contribution is 5.92. The maximum Gasteiger partial charge on any atom is 0.330 e. The molecular formula is C26H36O4. The van der Waals surface area contributed by atoms with Gasteiger partial charge in [0.05, 0.1) is 12.7 Å². The highest BCUT2D eigenvalue weighted by Crippen LogP contribution is 2.70. The molecule has 0 radical (unpaired) electrons. The van der Waals surface area contributed by atoms with Crippen molar-refractivity contribution in [2.24, 2.45) is 40.4 Å². The molecule has 0 bridgehead atoms. The van der Waals surface area contributed by atoms with Crippen molar-refractivity contribution in [3.8, 4) is 0 Å². The van der Waals surface area contributed by atoms with E-state index in [0.29, 0.717) is 59.9 Å². The van der Waals surface area contributed by atoms with Crippen LogP contribution < -0.4 is 0 Å². The molecule has 0 aromatic carbocycles. The summed E-state index contributed by atoms with van der Waals surface area (Å²) in [6, 6.07) is 0. The number of esters is 1. The molecule has 9 atom stereocenters. The number of rotatable bonds is 4. The molecule has 0 spiro atoms. The van der Waals surface area contributed by atoms with E-state index in [0.717, 1.165) is 6.42 Å². The molecule has 30 heavy (non-hydrogen) atoms. The van der Waals surface area contributed by atoms with Gasteiger partial charge in [-0.3, -0.25) is 4.79 Å². The van der Waals surface area contributed by atoms with Crippen LogP contribution in [-0.2, 0) is 19.1 Å². The lowest BCUT2D eigenvalue weighted by Crippen LogP contribution is -2.53. The number of fused-ring (bicyclic) bond motifs is 8. The lowest BCUT2D eigenvalue weighted by molar-refractivity contribution is -0.137. The Hall–Kier alpha value is -1.42. The van der Waals surface area contributed by atoms with E-state index in [1.54, 1.807) is 6.08 Å². The molecule has 4 heteroatoms. The van der Waals surface area contributed by atoms with Crippen LogP contribution in [0.2, 0.25) is 0 Å². The lowest BCUT2D eigenvalue weighted by Gasteiger charge is -2.57. The van der Waals surface area contributed by atoms with Crippen molar-refractivity contribution in [2.75, 3.05) is 6.61 Å². The number of ketones is 1. The van der Waals surface area contributed by atoms with E-state index >= 15 is 0 Å². The van der Waals surface area contributed by atoms with Crippen LogP contribution in [0, 0.1) is 40.4 Å². The van der Waals surface area contributed by atoms with Gasteiger partial charge in [0.25, 0.3) is 0 Å². The zero-order chi connectivity index (χ0) is 21.3. The first-order valence-electron chi connectivity index (χ1n) is 12.0. The third kappa shape index (κ3) is 2.89. The summed E-state index contributed by atoms with van der Waals surface area (Å²) in [5, 5.41) is 0. The average molecular weight is 413 g/mol. The molecular weight excluding hydrogens is 376 g/mol. The van der Waals surface area contributed by atoms with Gasteiger partial charge in [0.1, 0.15) is 6.10 Å². The number of ether oxygens (including phenoxy) is 2. The SMILES string of the molecule is CCOC(=O)/C=C/C(C)[C@H]1CC[C@H]2[C@@H]3[C@@H]4O[C@@H]4C4=CC(=O)CC[C@]4(C)[C@H]3CC[C@]12C. The summed E-state index contributed by atoms with van der Waals surface area (Å²) in [6.07, 6.45) is 12.8. The van der Waals surface area contributed by atoms with Crippen molar-refractivity contribution in [3.63, 3.8) is 0 Å². The normalized spacial score (nSPS) is 47.6. The Balaban J connectivity index is 1.39. The van der Waals surface area contributed by atoms with Gasteiger partial charge in [-0.2, -0.15) is 0 Å². The maximum atomic E-state index is 12.1. The van der Waals surface area contributed by atoms with Gasteiger partial charge in [-0.15, -0.1) is 0 Å². The molecule has 5 aliphatic rings. The number of carbonyl (C=O) groups is 2. The van der Waals surface area contributed by atoms with E-state index in [2.05, 4.69) is 26.8 Å². The second-order valence-electron chi connectivity index (χ2n) is 11.0. The Kier molecular flexibility index (Phi) is 4.81. The van der Waals surface area contributed by atoms with Crippen molar-refractivity contribution in [2.45, 2.75) is 78.4 Å². The summed E-state index contributed by atoms with van der Waals surface area (Å²) in [6.45, 7) is 9.47. The fraction of sp³-hybridized carbons (Fsp3) is 0.769. The summed E-state index contributed by atoms with van der Waals surface area (Å²) < 4.78 is 11.4. The molecule has 0 aromatic heterocycles. The summed E-state index contributed by atoms with van der Waals surface area (Å²) in [7, 11) is 0. The van der Waals surface area contributed by atoms with Gasteiger partial charge < -0.3 is 9.47 Å². The third-order valence-electron chi connectivity index (χ3n) is 9.76. The van der Waals surface area contributed by atoms with Gasteiger partial charge in [-0.05, 0) is 91.1 Å². The predicted octanol–water partition coefficient (Wildman–Crippen LogP) is 4.88. The van der Waals surface area contributed by atoms with Gasteiger partial charge in [-0.1, -0.05) is 26.8 Å². The van der Waals surface area contributed by atoms with Crippen LogP contribution in [0.3, 0.4) is 0 Å². The van der Waals surface area contributed by atoms with E-state index in [9.17, 15) is 9.59 Å². The van der Waals surface area contributed by atoms with Crippen LogP contribution in [0.5, 0.6) is 0 Å². The molecule has 4 fully saturated rings. The van der Waals surface area contributed by atoms with Gasteiger partial charge in [0, 0.05) is 12.5 Å². The molecule has 4 nitrogen and oxygen atoms in total. The first kappa shape index (κ1) is 20.5. The van der Waals surface area contributed by atoms with Crippen LogP contribution in [-0.4, -0.2) is 30.6 Å². The van der Waals surface area contributed by atoms with Crippen molar-refractivity contribution in [1.29, 1.82) is 0 Å². The highest BCUT2D eigenvalue weighted by Gasteiger charge is 2.69. The van der Waals surface area contributed by atoms with Crippen LogP contribution in [0.1, 0.15) is 66.2 Å². The largest absolute Gasteiger partial charge is 0.463 e. The summed E-state index contributed by atoms with van der Waals surface area (Å²) in [5.41, 5.74) is 1.76. The maximum absolute atomic E-state index is 12.1. The molecule has 1 aliphatic heterocycles. The standard InChI is InChI=1S/C26H36O4/c1-5-29-21(28)9-6-15(2)17-7-8-18-22-19(11-13-25(17,18)3)26(4)12-10-16(27)14-20(26)23-24(22)30-23/h6,9,14-15,17-19,22-24H,5,7-8,10-13H2,1-4H3/b9-6+/t15?,17-,18+,19+,22+,23-,24+,25-,26-/m1/s1. The molecule has 3 saturated carbocycles. The minimum atomic E-state index is -0.228. The zero-order valence-corrected chi connectivity index (χ0v) is 18.9. The van der Waals surface area contributed by atoms with Crippen LogP contribution in [0.4, 0.5) is 0 Å². The minimum absolute atomic E-state index is 0.144. The van der Waals surface area contributed by atoms with Gasteiger partial charge in [0.2, 0.25) is 0 Å². The number of carbonyl (C=O) groups excluding carboxylic acids is 2. The molecule has 0 aromatic rings. The summed E-state index contributed by atoms with van der Waals surface area (Å²) in [4.78, 5) is 23.9. The van der Waals surface area contributed by atoms with E-state index in [1.807, 2.05) is 13.0 Å². The molecule has 0 amide bonds. The van der Waals surface area contributed by atoms with Crippen molar-refractivity contribution in [3.05, 3.63) is 23.8 Å². The van der Waals surface area contributed by atoms with E-state index in [-0.39, 0.29) is 17.5 Å². The number of hydrogen-bond donors (Lipinski definition) is 0. The van der Waals surface area contributed by atoms with Crippen LogP contribution in [0.25, 0.3) is 0 Å². The monoisotopic (exact) mass is 412 g/mol. The Morgan fingerprint density at radius 1 is 1.27 bits per heavy atom. The van der Waals surface area contributed by atoms with Crippen LogP contribution >= 0.6 is 0 Å². The smallest absolute Gasteiger partial charge is 0.330 e. The quantitative estimate of drug-likeness (QED) is 0.375. The molecule has 1 saturated heterocycles. The Morgan fingerprint density at radius 2 is 2.07 bits per heavy atom. The first-order valence-corrected chi connectivity index (χ1v) is 12.0. The fourth-order valence-electron chi connectivity index (χ4n) is 8.27. The molecule has 1 unspecified atom stereocenters. The average Bonchev–Trinajstić information content (AvgIpc) is 3.42. The summed E-state index contributed by atoms with van der Waals surface area (Å²) in [5.74, 6) is 2.99. The number of allylic oxidation sites excluding steroid dienone is 1. The zero-order valence-electron chi connectivity index (χ0n) is 18.9. The Bertz CT molecular complexity index is 812. The number of hydrogen-bond acceptors (Lipinski definition) is 4. The van der Waals surface area contributed by atoms with Crippen molar-refractivity contribution < 1.29 is 19.1 Å². The predicted molar refractivity (Wildman–Crippen MR) is 115 cm³/mol. The van der Waals surface area contributed by atoms with E-state index in [1.165, 1.54) is 31.3 Å². The second-order valence-corrected chi connectivity index (χ2v) is 11.0. The lowest BCUT2D eigenvalue weighted by atomic mass is 9.46. The molecule has 164 valence electrons.